The normalized spacial score (nSPS) is 24.9. The van der Waals surface area contributed by atoms with Crippen LogP contribution < -0.4 is 22.5 Å². The summed E-state index contributed by atoms with van der Waals surface area (Å²) in [7, 11) is 0. The van der Waals surface area contributed by atoms with Gasteiger partial charge in [-0.1, -0.05) is 12.1 Å². The number of anilines is 1. The Morgan fingerprint density at radius 3 is 2.31 bits per heavy atom. The molecule has 0 unspecified atom stereocenters. The van der Waals surface area contributed by atoms with Crippen molar-refractivity contribution in [1.82, 2.24) is 24.3 Å². The number of hydrogen-bond donors (Lipinski definition) is 3. The van der Waals surface area contributed by atoms with E-state index in [4.69, 9.17) is 11.5 Å². The SMILES string of the molecule is CC(C)(N)CN1CCN(C(=O)Nc2ccn(-c3ccc(CN4C[C@@H]5[C@@H](N)[C@@H]5C4)cc3)c(=O)n2)CC1. The lowest BCUT2D eigenvalue weighted by molar-refractivity contribution is 0.132. The molecule has 0 spiro atoms. The summed E-state index contributed by atoms with van der Waals surface area (Å²) in [6.07, 6.45) is 1.65. The third kappa shape index (κ3) is 5.56. The first-order valence-electron chi connectivity index (χ1n) is 12.4. The summed E-state index contributed by atoms with van der Waals surface area (Å²) in [5.41, 5.74) is 13.4. The number of carbonyl (C=O) groups excluding carboxylic acids is 1. The van der Waals surface area contributed by atoms with Gasteiger partial charge in [-0.25, -0.2) is 9.59 Å². The molecule has 1 aliphatic carbocycles. The van der Waals surface area contributed by atoms with Crippen LogP contribution >= 0.6 is 0 Å². The minimum atomic E-state index is -0.431. The summed E-state index contributed by atoms with van der Waals surface area (Å²) in [6.45, 7) is 10.6. The number of nitrogens with two attached hydrogens (primary N) is 2. The largest absolute Gasteiger partial charge is 0.354 e. The van der Waals surface area contributed by atoms with Crippen molar-refractivity contribution in [3.05, 3.63) is 52.6 Å². The molecule has 2 aliphatic heterocycles. The fourth-order valence-electron chi connectivity index (χ4n) is 5.35. The second-order valence-electron chi connectivity index (χ2n) is 10.9. The Bertz CT molecular complexity index is 1110. The van der Waals surface area contributed by atoms with Crippen LogP contribution in [-0.4, -0.2) is 87.7 Å². The first-order chi connectivity index (χ1) is 16.7. The first kappa shape index (κ1) is 23.9. The van der Waals surface area contributed by atoms with E-state index in [2.05, 4.69) is 20.1 Å². The molecule has 2 amide bonds. The lowest BCUT2D eigenvalue weighted by atomic mass is 10.1. The van der Waals surface area contributed by atoms with Gasteiger partial charge >= 0.3 is 11.7 Å². The van der Waals surface area contributed by atoms with E-state index in [0.29, 0.717) is 31.0 Å². The molecule has 5 rings (SSSR count). The van der Waals surface area contributed by atoms with E-state index in [9.17, 15) is 9.59 Å². The number of piperazine rings is 1. The molecule has 10 nitrogen and oxygen atoms in total. The van der Waals surface area contributed by atoms with Crippen LogP contribution in [0.25, 0.3) is 5.69 Å². The van der Waals surface area contributed by atoms with Crippen molar-refractivity contribution in [2.24, 2.45) is 23.3 Å². The van der Waals surface area contributed by atoms with Crippen LogP contribution in [0.5, 0.6) is 0 Å². The van der Waals surface area contributed by atoms with Crippen molar-refractivity contribution < 1.29 is 4.79 Å². The average molecular weight is 481 g/mol. The number of aromatic nitrogens is 2. The molecule has 0 radical (unpaired) electrons. The van der Waals surface area contributed by atoms with Crippen LogP contribution in [0.1, 0.15) is 19.4 Å². The molecule has 5 N–H and O–H groups in total. The lowest BCUT2D eigenvalue weighted by Crippen LogP contribution is -2.54. The van der Waals surface area contributed by atoms with Crippen molar-refractivity contribution in [2.75, 3.05) is 51.1 Å². The van der Waals surface area contributed by atoms with E-state index < -0.39 is 5.69 Å². The fourth-order valence-corrected chi connectivity index (χ4v) is 5.35. The van der Waals surface area contributed by atoms with E-state index in [1.54, 1.807) is 17.2 Å². The first-order valence-corrected chi connectivity index (χ1v) is 12.4. The van der Waals surface area contributed by atoms with Gasteiger partial charge in [0.1, 0.15) is 5.82 Å². The van der Waals surface area contributed by atoms with E-state index in [1.165, 1.54) is 10.1 Å². The number of urea groups is 1. The van der Waals surface area contributed by atoms with Gasteiger partial charge in [-0.2, -0.15) is 4.98 Å². The molecule has 0 bridgehead atoms. The highest BCUT2D eigenvalue weighted by molar-refractivity contribution is 5.88. The van der Waals surface area contributed by atoms with Gasteiger partial charge in [0.25, 0.3) is 0 Å². The Balaban J connectivity index is 1.15. The third-order valence-corrected chi connectivity index (χ3v) is 7.29. The summed E-state index contributed by atoms with van der Waals surface area (Å²) in [5.74, 6) is 1.60. The predicted molar refractivity (Wildman–Crippen MR) is 135 cm³/mol. The number of likely N-dealkylation sites (tertiary alicyclic amines) is 1. The van der Waals surface area contributed by atoms with Gasteiger partial charge in [0.15, 0.2) is 0 Å². The van der Waals surface area contributed by atoms with Gasteiger partial charge in [0.05, 0.1) is 5.69 Å². The lowest BCUT2D eigenvalue weighted by Gasteiger charge is -2.37. The molecule has 3 aliphatic rings. The topological polar surface area (TPSA) is 126 Å². The molecule has 1 aromatic heterocycles. The molecule has 10 heteroatoms. The van der Waals surface area contributed by atoms with Crippen LogP contribution in [-0.2, 0) is 6.54 Å². The van der Waals surface area contributed by atoms with Crippen molar-refractivity contribution in [3.8, 4) is 5.69 Å². The molecular weight excluding hydrogens is 444 g/mol. The summed E-state index contributed by atoms with van der Waals surface area (Å²) < 4.78 is 1.48. The van der Waals surface area contributed by atoms with E-state index in [-0.39, 0.29) is 17.4 Å². The number of nitrogens with one attached hydrogen (secondary N) is 1. The zero-order valence-electron chi connectivity index (χ0n) is 20.6. The van der Waals surface area contributed by atoms with Gasteiger partial charge in [0.2, 0.25) is 0 Å². The molecule has 1 saturated carbocycles. The highest BCUT2D eigenvalue weighted by Gasteiger charge is 2.53. The number of amides is 2. The maximum atomic E-state index is 12.7. The number of piperidine rings is 1. The van der Waals surface area contributed by atoms with Crippen LogP contribution in [0.15, 0.2) is 41.3 Å². The van der Waals surface area contributed by atoms with Crippen molar-refractivity contribution in [2.45, 2.75) is 32.0 Å². The molecule has 3 heterocycles. The van der Waals surface area contributed by atoms with Gasteiger partial charge in [0, 0.05) is 70.1 Å². The molecule has 3 fully saturated rings. The maximum absolute atomic E-state index is 12.7. The van der Waals surface area contributed by atoms with Gasteiger partial charge in [-0.15, -0.1) is 0 Å². The minimum Gasteiger partial charge on any atom is -0.327 e. The van der Waals surface area contributed by atoms with Crippen molar-refractivity contribution >= 4 is 11.8 Å². The van der Waals surface area contributed by atoms with Crippen LogP contribution in [0.4, 0.5) is 10.6 Å². The monoisotopic (exact) mass is 480 g/mol. The summed E-state index contributed by atoms with van der Waals surface area (Å²) in [6, 6.07) is 9.77. The fraction of sp³-hybridized carbons (Fsp3) is 0.560. The Hall–Kier alpha value is -2.79. The number of hydrogen-bond acceptors (Lipinski definition) is 7. The molecular formula is C25H36N8O2. The number of rotatable bonds is 6. The van der Waals surface area contributed by atoms with Gasteiger partial charge in [-0.05, 0) is 49.4 Å². The van der Waals surface area contributed by atoms with Crippen molar-refractivity contribution in [1.29, 1.82) is 0 Å². The number of benzene rings is 1. The molecule has 2 aromatic rings. The molecule has 2 saturated heterocycles. The Morgan fingerprint density at radius 1 is 1.06 bits per heavy atom. The highest BCUT2D eigenvalue weighted by Crippen LogP contribution is 2.44. The van der Waals surface area contributed by atoms with E-state index >= 15 is 0 Å². The van der Waals surface area contributed by atoms with Crippen LogP contribution in [0, 0.1) is 11.8 Å². The molecule has 188 valence electrons. The zero-order valence-corrected chi connectivity index (χ0v) is 20.6. The minimum absolute atomic E-state index is 0.244. The molecule has 35 heavy (non-hydrogen) atoms. The van der Waals surface area contributed by atoms with Crippen LogP contribution in [0.3, 0.4) is 0 Å². The average Bonchev–Trinajstić information content (AvgIpc) is 3.19. The molecule has 1 aromatic carbocycles. The maximum Gasteiger partial charge on any atom is 0.354 e. The second kappa shape index (κ2) is 9.34. The number of carbonyl (C=O) groups is 1. The Kier molecular flexibility index (Phi) is 6.39. The smallest absolute Gasteiger partial charge is 0.327 e. The summed E-state index contributed by atoms with van der Waals surface area (Å²) in [4.78, 5) is 35.8. The number of nitrogens with zero attached hydrogens (tertiary/aromatic N) is 5. The Labute approximate surface area is 205 Å². The summed E-state index contributed by atoms with van der Waals surface area (Å²) in [5, 5.41) is 2.76. The highest BCUT2D eigenvalue weighted by atomic mass is 16.2. The van der Waals surface area contributed by atoms with Gasteiger partial charge < -0.3 is 16.4 Å². The van der Waals surface area contributed by atoms with Crippen molar-refractivity contribution in [3.63, 3.8) is 0 Å². The summed E-state index contributed by atoms with van der Waals surface area (Å²) >= 11 is 0. The zero-order chi connectivity index (χ0) is 24.7. The standard InChI is InChI=1S/C25H36N8O2/c1-25(2,27)16-30-9-11-32(12-10-30)23(34)28-21-7-8-33(24(35)29-21)18-5-3-17(4-6-18)13-31-14-19-20(15-31)22(19)26/h3-8,19-20,22H,9-16,26-27H2,1-2H3,(H,28,29,34,35)/t19-,20+,22+. The number of fused-ring (bicyclic) bond motifs is 1. The van der Waals surface area contributed by atoms with E-state index in [0.717, 1.165) is 45.0 Å². The Morgan fingerprint density at radius 2 is 1.71 bits per heavy atom. The third-order valence-electron chi connectivity index (χ3n) is 7.29. The second-order valence-corrected chi connectivity index (χ2v) is 10.9. The van der Waals surface area contributed by atoms with Gasteiger partial charge in [-0.3, -0.25) is 19.7 Å². The van der Waals surface area contributed by atoms with E-state index in [1.807, 2.05) is 38.1 Å². The quantitative estimate of drug-likeness (QED) is 0.550. The molecule has 3 atom stereocenters. The predicted octanol–water partition coefficient (Wildman–Crippen LogP) is 0.508. The van der Waals surface area contributed by atoms with Crippen LogP contribution in [0.2, 0.25) is 0 Å².